The number of hydrogen-bond donors (Lipinski definition) is 1. The van der Waals surface area contributed by atoms with Crippen molar-refractivity contribution in [3.8, 4) is 11.5 Å². The van der Waals surface area contributed by atoms with E-state index in [2.05, 4.69) is 0 Å². The van der Waals surface area contributed by atoms with Crippen LogP contribution in [0.25, 0.3) is 6.08 Å². The van der Waals surface area contributed by atoms with Crippen LogP contribution in [0.3, 0.4) is 0 Å². The maximum atomic E-state index is 12.7. The monoisotopic (exact) mass is 395 g/mol. The van der Waals surface area contributed by atoms with Crippen molar-refractivity contribution in [1.29, 1.82) is 0 Å². The molecule has 1 fully saturated rings. The molecule has 0 aliphatic carbocycles. The average Bonchev–Trinajstić information content (AvgIpc) is 2.89. The number of rotatable bonds is 8. The molecule has 0 saturated carbocycles. The molecule has 26 heavy (non-hydrogen) atoms. The number of hydrogen-bond acceptors (Lipinski definition) is 6. The molecular weight excluding hydrogens is 374 g/mol. The number of thioether (sulfide) groups is 1. The number of carboxylic acid groups (broad SMARTS) is 1. The largest absolute Gasteiger partial charge is 0.493 e. The van der Waals surface area contributed by atoms with Crippen molar-refractivity contribution < 1.29 is 24.2 Å². The van der Waals surface area contributed by atoms with Gasteiger partial charge >= 0.3 is 5.97 Å². The maximum Gasteiger partial charge on any atom is 0.326 e. The first-order valence-corrected chi connectivity index (χ1v) is 9.37. The fourth-order valence-corrected chi connectivity index (χ4v) is 3.96. The minimum Gasteiger partial charge on any atom is -0.493 e. The maximum absolute atomic E-state index is 12.7. The van der Waals surface area contributed by atoms with Crippen LogP contribution in [0, 0.1) is 0 Å². The van der Waals surface area contributed by atoms with Gasteiger partial charge in [0, 0.05) is 0 Å². The van der Waals surface area contributed by atoms with Gasteiger partial charge in [0.1, 0.15) is 10.4 Å². The normalized spacial score (nSPS) is 16.9. The zero-order valence-electron chi connectivity index (χ0n) is 14.9. The van der Waals surface area contributed by atoms with E-state index >= 15 is 0 Å². The fraction of sp³-hybridized carbons (Fsp3) is 0.389. The number of nitrogens with zero attached hydrogens (tertiary/aromatic N) is 1. The van der Waals surface area contributed by atoms with E-state index in [1.807, 2.05) is 6.92 Å². The van der Waals surface area contributed by atoms with Crippen LogP contribution in [0.1, 0.15) is 31.7 Å². The molecule has 0 radical (unpaired) electrons. The van der Waals surface area contributed by atoms with E-state index in [1.165, 1.54) is 12.0 Å². The Bertz CT molecular complexity index is 747. The number of carbonyl (C=O) groups is 2. The molecule has 1 unspecified atom stereocenters. The van der Waals surface area contributed by atoms with Gasteiger partial charge in [0.2, 0.25) is 0 Å². The van der Waals surface area contributed by atoms with Gasteiger partial charge in [-0.2, -0.15) is 0 Å². The number of ether oxygens (including phenoxy) is 2. The van der Waals surface area contributed by atoms with Crippen LogP contribution in [0.5, 0.6) is 11.5 Å². The number of thiocarbonyl (C=S) groups is 1. The molecule has 1 N–H and O–H groups in total. The van der Waals surface area contributed by atoms with E-state index in [1.54, 1.807) is 31.4 Å². The first-order valence-electron chi connectivity index (χ1n) is 8.14. The highest BCUT2D eigenvalue weighted by Gasteiger charge is 2.40. The van der Waals surface area contributed by atoms with E-state index < -0.39 is 12.0 Å². The molecule has 1 heterocycles. The van der Waals surface area contributed by atoms with Crippen molar-refractivity contribution in [3.05, 3.63) is 28.7 Å². The van der Waals surface area contributed by atoms with Gasteiger partial charge in [-0.1, -0.05) is 49.8 Å². The lowest BCUT2D eigenvalue weighted by Gasteiger charge is -2.22. The third-order valence-corrected chi connectivity index (χ3v) is 5.29. The van der Waals surface area contributed by atoms with Crippen molar-refractivity contribution >= 4 is 46.3 Å². The molecular formula is C18H21NO5S2. The standard InChI is InChI=1S/C18H21NO5S2/c1-4-5-6-12(17(21)22)19-16(20)15(26-18(19)25)10-11-7-8-13(23-2)14(9-11)24-3/h7-10,12H,4-6H2,1-3H3,(H,21,22)/b15-10-. The highest BCUT2D eigenvalue weighted by Crippen LogP contribution is 2.36. The van der Waals surface area contributed by atoms with Crippen LogP contribution in [0.15, 0.2) is 23.1 Å². The Hall–Kier alpha value is -2.06. The van der Waals surface area contributed by atoms with Crippen LogP contribution in [0.2, 0.25) is 0 Å². The quantitative estimate of drug-likeness (QED) is 0.533. The smallest absolute Gasteiger partial charge is 0.326 e. The van der Waals surface area contributed by atoms with Gasteiger partial charge in [-0.05, 0) is 30.2 Å². The van der Waals surface area contributed by atoms with E-state index in [0.717, 1.165) is 23.7 Å². The topological polar surface area (TPSA) is 76.1 Å². The van der Waals surface area contributed by atoms with Crippen LogP contribution >= 0.6 is 24.0 Å². The highest BCUT2D eigenvalue weighted by molar-refractivity contribution is 8.26. The van der Waals surface area contributed by atoms with Gasteiger partial charge in [0.25, 0.3) is 5.91 Å². The highest BCUT2D eigenvalue weighted by atomic mass is 32.2. The molecule has 1 aromatic rings. The second kappa shape index (κ2) is 9.05. The van der Waals surface area contributed by atoms with Crippen LogP contribution in [0.4, 0.5) is 0 Å². The van der Waals surface area contributed by atoms with E-state index in [-0.39, 0.29) is 10.2 Å². The summed E-state index contributed by atoms with van der Waals surface area (Å²) in [7, 11) is 3.08. The van der Waals surface area contributed by atoms with Crippen molar-refractivity contribution in [1.82, 2.24) is 4.90 Å². The third-order valence-electron chi connectivity index (χ3n) is 3.96. The molecule has 0 bridgehead atoms. The minimum absolute atomic E-state index is 0.269. The molecule has 8 heteroatoms. The Morgan fingerprint density at radius 2 is 2.04 bits per heavy atom. The number of carboxylic acids is 1. The van der Waals surface area contributed by atoms with Gasteiger partial charge in [-0.15, -0.1) is 0 Å². The molecule has 1 amide bonds. The molecule has 2 rings (SSSR count). The summed E-state index contributed by atoms with van der Waals surface area (Å²) in [6, 6.07) is 4.35. The summed E-state index contributed by atoms with van der Waals surface area (Å²) in [4.78, 5) is 25.9. The predicted octanol–water partition coefficient (Wildman–Crippen LogP) is 3.55. The first kappa shape index (κ1) is 20.3. The van der Waals surface area contributed by atoms with E-state index in [4.69, 9.17) is 21.7 Å². The minimum atomic E-state index is -1.04. The predicted molar refractivity (Wildman–Crippen MR) is 106 cm³/mol. The molecule has 1 aromatic carbocycles. The van der Waals surface area contributed by atoms with Crippen molar-refractivity contribution in [2.45, 2.75) is 32.2 Å². The lowest BCUT2D eigenvalue weighted by molar-refractivity contribution is -0.145. The Morgan fingerprint density at radius 1 is 1.35 bits per heavy atom. The molecule has 1 aliphatic heterocycles. The van der Waals surface area contributed by atoms with Crippen LogP contribution in [-0.2, 0) is 9.59 Å². The molecule has 1 aliphatic rings. The summed E-state index contributed by atoms with van der Waals surface area (Å²) >= 11 is 6.38. The van der Waals surface area contributed by atoms with Gasteiger partial charge in [0.15, 0.2) is 11.5 Å². The molecule has 6 nitrogen and oxygen atoms in total. The number of amides is 1. The Kier molecular flexibility index (Phi) is 7.05. The summed E-state index contributed by atoms with van der Waals surface area (Å²) in [6.07, 6.45) is 3.62. The summed E-state index contributed by atoms with van der Waals surface area (Å²) < 4.78 is 10.7. The molecule has 1 saturated heterocycles. The third kappa shape index (κ3) is 4.37. The fourth-order valence-electron chi connectivity index (χ4n) is 2.60. The Labute approximate surface area is 162 Å². The Balaban J connectivity index is 2.29. The number of unbranched alkanes of at least 4 members (excludes halogenated alkanes) is 1. The molecule has 0 spiro atoms. The van der Waals surface area contributed by atoms with Gasteiger partial charge < -0.3 is 14.6 Å². The SMILES string of the molecule is CCCCC(C(=O)O)N1C(=O)/C(=C/c2ccc(OC)c(OC)c2)SC1=S. The number of methoxy groups -OCH3 is 2. The molecule has 1 atom stereocenters. The van der Waals surface area contributed by atoms with Gasteiger partial charge in [-0.3, -0.25) is 9.69 Å². The lowest BCUT2D eigenvalue weighted by atomic mass is 10.1. The molecule has 140 valence electrons. The zero-order chi connectivity index (χ0) is 19.3. The number of aliphatic carboxylic acids is 1. The second-order valence-electron chi connectivity index (χ2n) is 5.66. The second-order valence-corrected chi connectivity index (χ2v) is 7.34. The van der Waals surface area contributed by atoms with Gasteiger partial charge in [-0.25, -0.2) is 4.79 Å². The van der Waals surface area contributed by atoms with Crippen LogP contribution < -0.4 is 9.47 Å². The van der Waals surface area contributed by atoms with E-state index in [0.29, 0.717) is 29.2 Å². The van der Waals surface area contributed by atoms with Gasteiger partial charge in [0.05, 0.1) is 19.1 Å². The summed E-state index contributed by atoms with van der Waals surface area (Å²) in [5.41, 5.74) is 0.739. The average molecular weight is 396 g/mol. The van der Waals surface area contributed by atoms with Crippen LogP contribution in [-0.4, -0.2) is 46.5 Å². The lowest BCUT2D eigenvalue weighted by Crippen LogP contribution is -2.43. The van der Waals surface area contributed by atoms with E-state index in [9.17, 15) is 14.7 Å². The summed E-state index contributed by atoms with van der Waals surface area (Å²) in [5, 5.41) is 9.49. The Morgan fingerprint density at radius 3 is 2.62 bits per heavy atom. The summed E-state index contributed by atoms with van der Waals surface area (Å²) in [5.74, 6) is -0.286. The van der Waals surface area contributed by atoms with Crippen molar-refractivity contribution in [3.63, 3.8) is 0 Å². The zero-order valence-corrected chi connectivity index (χ0v) is 16.5. The van der Waals surface area contributed by atoms with Crippen molar-refractivity contribution in [2.75, 3.05) is 14.2 Å². The molecule has 0 aromatic heterocycles. The number of carbonyl (C=O) groups excluding carboxylic acids is 1. The summed E-state index contributed by atoms with van der Waals surface area (Å²) in [6.45, 7) is 1.97. The number of benzene rings is 1. The first-order chi connectivity index (χ1) is 12.4. The van der Waals surface area contributed by atoms with Crippen molar-refractivity contribution in [2.24, 2.45) is 0 Å².